The predicted octanol–water partition coefficient (Wildman–Crippen LogP) is 6.21. The minimum Gasteiger partial charge on any atom is -0.0876 e. The van der Waals surface area contributed by atoms with Crippen molar-refractivity contribution in [1.29, 1.82) is 0 Å². The maximum atomic E-state index is 6.20. The fourth-order valence-corrected chi connectivity index (χ4v) is 2.93. The normalized spacial score (nSPS) is 10.6. The summed E-state index contributed by atoms with van der Waals surface area (Å²) in [5.41, 5.74) is 2.91. The molecule has 17 heavy (non-hydrogen) atoms. The zero-order valence-corrected chi connectivity index (χ0v) is 12.5. The van der Waals surface area contributed by atoms with Crippen LogP contribution in [0.25, 0.3) is 11.1 Å². The zero-order valence-electron chi connectivity index (χ0n) is 8.68. The van der Waals surface area contributed by atoms with Crippen LogP contribution in [0.2, 0.25) is 15.1 Å². The van der Waals surface area contributed by atoms with Crippen LogP contribution in [0.15, 0.2) is 36.4 Å². The first-order valence-corrected chi connectivity index (χ1v) is 7.18. The maximum Gasteiger partial charge on any atom is 0.0499 e. The maximum absolute atomic E-state index is 6.20. The van der Waals surface area contributed by atoms with E-state index in [1.54, 1.807) is 0 Å². The second kappa shape index (κ2) is 5.62. The zero-order chi connectivity index (χ0) is 12.4. The molecule has 2 aromatic rings. The third-order valence-corrected chi connectivity index (χ3v) is 3.91. The molecule has 0 bridgehead atoms. The topological polar surface area (TPSA) is 0 Å². The Kier molecular flexibility index (Phi) is 4.37. The molecular formula is C13H8BrCl3. The average Bonchev–Trinajstić information content (AvgIpc) is 2.30. The van der Waals surface area contributed by atoms with Crippen molar-refractivity contribution in [1.82, 2.24) is 0 Å². The van der Waals surface area contributed by atoms with Crippen molar-refractivity contribution in [3.8, 4) is 11.1 Å². The summed E-state index contributed by atoms with van der Waals surface area (Å²) < 4.78 is 0. The Bertz CT molecular complexity index is 532. The monoisotopic (exact) mass is 348 g/mol. The molecule has 2 aromatic carbocycles. The van der Waals surface area contributed by atoms with Crippen LogP contribution in [0.1, 0.15) is 5.56 Å². The summed E-state index contributed by atoms with van der Waals surface area (Å²) in [5, 5.41) is 2.68. The van der Waals surface area contributed by atoms with Crippen LogP contribution in [-0.4, -0.2) is 0 Å². The van der Waals surface area contributed by atoms with Crippen molar-refractivity contribution in [3.05, 3.63) is 57.0 Å². The van der Waals surface area contributed by atoms with Crippen molar-refractivity contribution in [2.45, 2.75) is 5.33 Å². The predicted molar refractivity (Wildman–Crippen MR) is 79.5 cm³/mol. The largest absolute Gasteiger partial charge is 0.0876 e. The molecule has 0 unspecified atom stereocenters. The van der Waals surface area contributed by atoms with E-state index in [2.05, 4.69) is 15.9 Å². The molecule has 0 saturated carbocycles. The minimum atomic E-state index is 0.641. The van der Waals surface area contributed by atoms with E-state index in [0.717, 1.165) is 16.7 Å². The van der Waals surface area contributed by atoms with Gasteiger partial charge in [-0.1, -0.05) is 62.9 Å². The van der Waals surface area contributed by atoms with E-state index in [1.165, 1.54) is 0 Å². The standard InChI is InChI=1S/C13H8BrCl3/c14-7-8-6-9(15)4-5-10(8)13-11(16)2-1-3-12(13)17/h1-6H,7H2. The van der Waals surface area contributed by atoms with Crippen molar-refractivity contribution in [3.63, 3.8) is 0 Å². The lowest BCUT2D eigenvalue weighted by Crippen LogP contribution is -1.88. The first-order chi connectivity index (χ1) is 8.13. The molecule has 0 nitrogen and oxygen atoms in total. The Hall–Kier alpha value is -0.210. The Morgan fingerprint density at radius 3 is 2.18 bits per heavy atom. The molecule has 0 aromatic heterocycles. The SMILES string of the molecule is Clc1ccc(-c2c(Cl)cccc2Cl)c(CBr)c1. The molecule has 0 aliphatic heterocycles. The van der Waals surface area contributed by atoms with Crippen LogP contribution in [0, 0.1) is 0 Å². The molecule has 0 fully saturated rings. The third kappa shape index (κ3) is 2.79. The molecule has 88 valence electrons. The molecule has 0 aliphatic carbocycles. The van der Waals surface area contributed by atoms with Crippen molar-refractivity contribution < 1.29 is 0 Å². The Balaban J connectivity index is 2.68. The molecule has 0 radical (unpaired) electrons. The van der Waals surface area contributed by atoms with Gasteiger partial charge >= 0.3 is 0 Å². The van der Waals surface area contributed by atoms with Gasteiger partial charge in [0, 0.05) is 26.0 Å². The fraction of sp³-hybridized carbons (Fsp3) is 0.0769. The van der Waals surface area contributed by atoms with Gasteiger partial charge in [-0.2, -0.15) is 0 Å². The highest BCUT2D eigenvalue weighted by atomic mass is 79.9. The first-order valence-electron chi connectivity index (χ1n) is 4.92. The van der Waals surface area contributed by atoms with Gasteiger partial charge in [-0.05, 0) is 35.4 Å². The lowest BCUT2D eigenvalue weighted by Gasteiger charge is -2.11. The lowest BCUT2D eigenvalue weighted by molar-refractivity contribution is 1.43. The summed E-state index contributed by atoms with van der Waals surface area (Å²) in [6.07, 6.45) is 0. The minimum absolute atomic E-state index is 0.641. The number of alkyl halides is 1. The molecule has 2 rings (SSSR count). The average molecular weight is 350 g/mol. The highest BCUT2D eigenvalue weighted by molar-refractivity contribution is 9.08. The molecule has 0 spiro atoms. The van der Waals surface area contributed by atoms with Gasteiger partial charge in [-0.25, -0.2) is 0 Å². The fourth-order valence-electron chi connectivity index (χ4n) is 1.67. The highest BCUT2D eigenvalue weighted by Gasteiger charge is 2.12. The van der Waals surface area contributed by atoms with Crippen molar-refractivity contribution >= 4 is 50.7 Å². The Labute approximate surface area is 124 Å². The number of rotatable bonds is 2. The summed E-state index contributed by atoms with van der Waals surface area (Å²) in [6.45, 7) is 0. The molecule has 0 saturated heterocycles. The van der Waals surface area contributed by atoms with E-state index < -0.39 is 0 Å². The number of benzene rings is 2. The van der Waals surface area contributed by atoms with E-state index in [4.69, 9.17) is 34.8 Å². The van der Waals surface area contributed by atoms with Gasteiger partial charge in [0.15, 0.2) is 0 Å². The van der Waals surface area contributed by atoms with Gasteiger partial charge in [0.1, 0.15) is 0 Å². The van der Waals surface area contributed by atoms with E-state index in [0.29, 0.717) is 20.4 Å². The number of hydrogen-bond donors (Lipinski definition) is 0. The Morgan fingerprint density at radius 2 is 1.59 bits per heavy atom. The molecule has 0 heterocycles. The lowest BCUT2D eigenvalue weighted by atomic mass is 10.0. The van der Waals surface area contributed by atoms with Gasteiger partial charge in [0.25, 0.3) is 0 Å². The van der Waals surface area contributed by atoms with E-state index >= 15 is 0 Å². The van der Waals surface area contributed by atoms with Gasteiger partial charge in [-0.15, -0.1) is 0 Å². The molecule has 0 amide bonds. The van der Waals surface area contributed by atoms with Crippen LogP contribution >= 0.6 is 50.7 Å². The number of hydrogen-bond acceptors (Lipinski definition) is 0. The van der Waals surface area contributed by atoms with Crippen molar-refractivity contribution in [2.75, 3.05) is 0 Å². The van der Waals surface area contributed by atoms with Crippen LogP contribution in [0.5, 0.6) is 0 Å². The quantitative estimate of drug-likeness (QED) is 0.565. The highest BCUT2D eigenvalue weighted by Crippen LogP contribution is 2.37. The molecule has 0 N–H and O–H groups in total. The van der Waals surface area contributed by atoms with Crippen molar-refractivity contribution in [2.24, 2.45) is 0 Å². The Morgan fingerprint density at radius 1 is 0.941 bits per heavy atom. The van der Waals surface area contributed by atoms with Crippen LogP contribution in [0.3, 0.4) is 0 Å². The van der Waals surface area contributed by atoms with Crippen LogP contribution in [-0.2, 0) is 5.33 Å². The first kappa shape index (κ1) is 13.2. The van der Waals surface area contributed by atoms with Gasteiger partial charge in [0.05, 0.1) is 0 Å². The van der Waals surface area contributed by atoms with E-state index in [1.807, 2.05) is 36.4 Å². The van der Waals surface area contributed by atoms with Gasteiger partial charge in [-0.3, -0.25) is 0 Å². The second-order valence-electron chi connectivity index (χ2n) is 3.53. The smallest absolute Gasteiger partial charge is 0.0499 e. The molecule has 0 atom stereocenters. The van der Waals surface area contributed by atoms with Gasteiger partial charge in [0.2, 0.25) is 0 Å². The summed E-state index contributed by atoms with van der Waals surface area (Å²) in [6, 6.07) is 11.2. The van der Waals surface area contributed by atoms with Gasteiger partial charge < -0.3 is 0 Å². The van der Waals surface area contributed by atoms with E-state index in [-0.39, 0.29) is 0 Å². The van der Waals surface area contributed by atoms with Crippen LogP contribution < -0.4 is 0 Å². The summed E-state index contributed by atoms with van der Waals surface area (Å²) >= 11 is 21.8. The summed E-state index contributed by atoms with van der Waals surface area (Å²) in [4.78, 5) is 0. The second-order valence-corrected chi connectivity index (χ2v) is 5.34. The molecule has 4 heteroatoms. The van der Waals surface area contributed by atoms with E-state index in [9.17, 15) is 0 Å². The molecule has 0 aliphatic rings. The summed E-state index contributed by atoms with van der Waals surface area (Å²) in [5.74, 6) is 0. The number of halogens is 4. The third-order valence-electron chi connectivity index (χ3n) is 2.44. The molecular weight excluding hydrogens is 342 g/mol. The summed E-state index contributed by atoms with van der Waals surface area (Å²) in [7, 11) is 0. The van der Waals surface area contributed by atoms with Crippen LogP contribution in [0.4, 0.5) is 0 Å².